The zero-order valence-corrected chi connectivity index (χ0v) is 33.4. The van der Waals surface area contributed by atoms with Gasteiger partial charge in [0.05, 0.1) is 22.8 Å². The van der Waals surface area contributed by atoms with Gasteiger partial charge in [0.1, 0.15) is 16.9 Å². The number of rotatable bonds is 9. The molecular formula is C54H38N6O2. The first kappa shape index (κ1) is 36.5. The first-order valence-electron chi connectivity index (χ1n) is 20.4. The SMILES string of the molecule is N=C1C=CC=C/C1=N/Nc1cccc(N(c2ccc(-c3ccc(N(c4cccc(N)c4)c4cccc5c4oc4ccccc45)cc3)cc2)c2cccc3c2oc2ccccc23)c1. The third-order valence-corrected chi connectivity index (χ3v) is 11.3. The minimum atomic E-state index is 0.350. The van der Waals surface area contributed by atoms with Crippen molar-refractivity contribution in [1.29, 1.82) is 5.41 Å². The van der Waals surface area contributed by atoms with Crippen molar-refractivity contribution in [2.75, 3.05) is 21.0 Å². The second-order valence-corrected chi connectivity index (χ2v) is 15.2. The summed E-state index contributed by atoms with van der Waals surface area (Å²) < 4.78 is 13.1. The fourth-order valence-corrected chi connectivity index (χ4v) is 8.35. The van der Waals surface area contributed by atoms with E-state index in [1.165, 1.54) is 0 Å². The number of furan rings is 2. The summed E-state index contributed by atoms with van der Waals surface area (Å²) in [6, 6.07) is 62.1. The van der Waals surface area contributed by atoms with Crippen LogP contribution in [-0.4, -0.2) is 11.4 Å². The smallest absolute Gasteiger partial charge is 0.159 e. The van der Waals surface area contributed by atoms with Gasteiger partial charge in [-0.1, -0.05) is 109 Å². The van der Waals surface area contributed by atoms with E-state index in [2.05, 4.69) is 136 Å². The van der Waals surface area contributed by atoms with Crippen LogP contribution in [0.15, 0.2) is 220 Å². The van der Waals surface area contributed by atoms with E-state index >= 15 is 0 Å². The zero-order chi connectivity index (χ0) is 41.6. The molecule has 62 heavy (non-hydrogen) atoms. The maximum Gasteiger partial charge on any atom is 0.159 e. The number of allylic oxidation sites excluding steroid dienone is 4. The normalized spacial score (nSPS) is 13.2. The largest absolute Gasteiger partial charge is 0.454 e. The standard InChI is InChI=1S/C54H38N6O2/c55-37-11-7-13-41(33-37)59(49-21-9-17-45-43-15-1-5-23-51(43)61-53(45)49)39-29-25-35(26-30-39)36-27-31-40(32-28-36)60(50-22-10-18-46-44-16-2-6-24-52(44)62-54(46)50)42-14-8-12-38(34-42)57-58-48-20-4-3-19-47(48)56/h1-34,56-57H,55H2/b56-47?,58-48-. The number of benzene rings is 8. The van der Waals surface area contributed by atoms with Crippen molar-refractivity contribution in [2.24, 2.45) is 5.10 Å². The third kappa shape index (κ3) is 6.52. The lowest BCUT2D eigenvalue weighted by Crippen LogP contribution is -2.12. The van der Waals surface area contributed by atoms with Crippen LogP contribution < -0.4 is 21.0 Å². The lowest BCUT2D eigenvalue weighted by atomic mass is 10.0. The van der Waals surface area contributed by atoms with E-state index in [0.717, 1.165) is 94.8 Å². The van der Waals surface area contributed by atoms with Crippen LogP contribution in [0.3, 0.4) is 0 Å². The van der Waals surface area contributed by atoms with Gasteiger partial charge in [0.2, 0.25) is 0 Å². The summed E-state index contributed by atoms with van der Waals surface area (Å²) in [6.45, 7) is 0. The number of hydrogen-bond donors (Lipinski definition) is 3. The van der Waals surface area contributed by atoms with E-state index < -0.39 is 0 Å². The second-order valence-electron chi connectivity index (χ2n) is 15.2. The monoisotopic (exact) mass is 802 g/mol. The number of para-hydroxylation sites is 4. The molecule has 2 heterocycles. The highest BCUT2D eigenvalue weighted by atomic mass is 16.3. The molecule has 0 amide bonds. The van der Waals surface area contributed by atoms with E-state index in [-0.39, 0.29) is 0 Å². The number of hydrogen-bond acceptors (Lipinski definition) is 8. The first-order chi connectivity index (χ1) is 30.6. The molecule has 0 radical (unpaired) electrons. The first-order valence-corrected chi connectivity index (χ1v) is 20.4. The lowest BCUT2D eigenvalue weighted by molar-refractivity contribution is 0.668. The van der Waals surface area contributed by atoms with Gasteiger partial charge in [-0.3, -0.25) is 10.8 Å². The predicted octanol–water partition coefficient (Wildman–Crippen LogP) is 14.6. The third-order valence-electron chi connectivity index (χ3n) is 11.3. The van der Waals surface area contributed by atoms with Crippen LogP contribution >= 0.6 is 0 Å². The maximum atomic E-state index is 8.26. The molecule has 0 fully saturated rings. The molecule has 2 aromatic heterocycles. The van der Waals surface area contributed by atoms with Crippen LogP contribution in [-0.2, 0) is 0 Å². The Balaban J connectivity index is 0.969. The molecule has 296 valence electrons. The Labute approximate surface area is 357 Å². The second kappa shape index (κ2) is 15.2. The number of nitrogens with zero attached hydrogens (tertiary/aromatic N) is 3. The Morgan fingerprint density at radius 1 is 0.468 bits per heavy atom. The van der Waals surface area contributed by atoms with E-state index in [4.69, 9.17) is 20.0 Å². The van der Waals surface area contributed by atoms with Crippen molar-refractivity contribution < 1.29 is 8.83 Å². The van der Waals surface area contributed by atoms with Crippen molar-refractivity contribution in [3.63, 3.8) is 0 Å². The maximum absolute atomic E-state index is 8.26. The van der Waals surface area contributed by atoms with Crippen LogP contribution in [0.2, 0.25) is 0 Å². The summed E-state index contributed by atoms with van der Waals surface area (Å²) in [4.78, 5) is 4.41. The predicted molar refractivity (Wildman–Crippen MR) is 257 cm³/mol. The topological polar surface area (TPSA) is 107 Å². The van der Waals surface area contributed by atoms with Gasteiger partial charge >= 0.3 is 0 Å². The molecule has 8 nitrogen and oxygen atoms in total. The molecule has 0 saturated carbocycles. The molecule has 1 aliphatic rings. The van der Waals surface area contributed by atoms with Gasteiger partial charge in [0.15, 0.2) is 11.2 Å². The molecule has 0 spiro atoms. The highest BCUT2D eigenvalue weighted by Gasteiger charge is 2.22. The van der Waals surface area contributed by atoms with Crippen molar-refractivity contribution in [1.82, 2.24) is 0 Å². The molecule has 10 aromatic rings. The minimum absolute atomic E-state index is 0.350. The van der Waals surface area contributed by atoms with Crippen molar-refractivity contribution in [3.8, 4) is 11.1 Å². The lowest BCUT2D eigenvalue weighted by Gasteiger charge is -2.26. The molecule has 0 bridgehead atoms. The van der Waals surface area contributed by atoms with Gasteiger partial charge in [-0.2, -0.15) is 5.10 Å². The zero-order valence-electron chi connectivity index (χ0n) is 33.4. The molecule has 4 N–H and O–H groups in total. The van der Waals surface area contributed by atoms with E-state index in [0.29, 0.717) is 17.1 Å². The minimum Gasteiger partial charge on any atom is -0.454 e. The van der Waals surface area contributed by atoms with Gasteiger partial charge < -0.3 is 24.4 Å². The van der Waals surface area contributed by atoms with Gasteiger partial charge in [0.25, 0.3) is 0 Å². The Morgan fingerprint density at radius 2 is 0.968 bits per heavy atom. The van der Waals surface area contributed by atoms with Crippen molar-refractivity contribution in [3.05, 3.63) is 206 Å². The Kier molecular flexibility index (Phi) is 8.94. The van der Waals surface area contributed by atoms with E-state index in [9.17, 15) is 0 Å². The fraction of sp³-hybridized carbons (Fsp3) is 0. The molecule has 8 heteroatoms. The number of anilines is 8. The summed E-state index contributed by atoms with van der Waals surface area (Å²) in [5.74, 6) is 0. The van der Waals surface area contributed by atoms with E-state index in [1.54, 1.807) is 6.08 Å². The highest BCUT2D eigenvalue weighted by molar-refractivity contribution is 6.50. The van der Waals surface area contributed by atoms with Crippen molar-refractivity contribution in [2.45, 2.75) is 0 Å². The van der Waals surface area contributed by atoms with Gasteiger partial charge in [0, 0.05) is 50.0 Å². The number of fused-ring (bicyclic) bond motifs is 6. The van der Waals surface area contributed by atoms with Crippen molar-refractivity contribution >= 4 is 101 Å². The van der Waals surface area contributed by atoms with Crippen LogP contribution in [0.1, 0.15) is 0 Å². The Bertz CT molecular complexity index is 3430. The molecule has 0 unspecified atom stereocenters. The summed E-state index contributed by atoms with van der Waals surface area (Å²) in [5, 5.41) is 17.0. The van der Waals surface area contributed by atoms with E-state index in [1.807, 2.05) is 85.0 Å². The average molecular weight is 803 g/mol. The number of nitrogens with one attached hydrogen (secondary N) is 2. The van der Waals surface area contributed by atoms with Crippen LogP contribution in [0.4, 0.5) is 45.5 Å². The molecule has 0 atom stereocenters. The molecule has 0 aliphatic heterocycles. The average Bonchev–Trinajstić information content (AvgIpc) is 3.90. The van der Waals surface area contributed by atoms with Crippen LogP contribution in [0.5, 0.6) is 0 Å². The van der Waals surface area contributed by atoms with Crippen LogP contribution in [0.25, 0.3) is 55.0 Å². The summed E-state index contributed by atoms with van der Waals surface area (Å²) >= 11 is 0. The van der Waals surface area contributed by atoms with Gasteiger partial charge in [-0.25, -0.2) is 0 Å². The van der Waals surface area contributed by atoms with Crippen LogP contribution in [0, 0.1) is 5.41 Å². The van der Waals surface area contributed by atoms with Gasteiger partial charge in [-0.15, -0.1) is 0 Å². The number of hydrazone groups is 1. The molecular weight excluding hydrogens is 765 g/mol. The highest BCUT2D eigenvalue weighted by Crippen LogP contribution is 2.45. The number of nitrogens with two attached hydrogens (primary N) is 1. The summed E-state index contributed by atoms with van der Waals surface area (Å²) in [6.07, 6.45) is 7.26. The molecule has 0 saturated heterocycles. The number of nitrogen functional groups attached to an aromatic ring is 1. The fourth-order valence-electron chi connectivity index (χ4n) is 8.35. The summed E-state index contributed by atoms with van der Waals surface area (Å²) in [7, 11) is 0. The van der Waals surface area contributed by atoms with Gasteiger partial charge in [-0.05, 0) is 108 Å². The Hall–Kier alpha value is -8.62. The molecule has 1 aliphatic carbocycles. The molecule has 8 aromatic carbocycles. The quantitative estimate of drug-likeness (QED) is 0.0762. The Morgan fingerprint density at radius 3 is 1.53 bits per heavy atom. The molecule has 11 rings (SSSR count). The summed E-state index contributed by atoms with van der Waals surface area (Å²) in [5.41, 5.74) is 22.9.